The second kappa shape index (κ2) is 1.20. The number of hydrogen-bond acceptors (Lipinski definition) is 2. The van der Waals surface area contributed by atoms with Gasteiger partial charge in [-0.05, 0) is 0 Å². The maximum Gasteiger partial charge on any atom is 0.253 e. The van der Waals surface area contributed by atoms with E-state index < -0.39 is 6.10 Å². The third kappa shape index (κ3) is 0.489. The Morgan fingerprint density at radius 1 is 2.00 bits per heavy atom. The molecule has 0 saturated carbocycles. The van der Waals surface area contributed by atoms with Gasteiger partial charge in [0.2, 0.25) is 0 Å². The number of likely N-dealkylation sites (tertiary alicyclic amines) is 1. The number of β-amino-alcohol motifs (C(OH)–C–C–N with tert-alkyl or cyclic N) is 1. The molecule has 0 spiro atoms. The van der Waals surface area contributed by atoms with Crippen LogP contribution in [0.15, 0.2) is 0 Å². The first kappa shape index (κ1) is 4.59. The SMILES string of the molecule is CN1CC(O)C1=O. The van der Waals surface area contributed by atoms with E-state index in [0.717, 1.165) is 0 Å². The van der Waals surface area contributed by atoms with Crippen LogP contribution in [-0.4, -0.2) is 35.6 Å². The van der Waals surface area contributed by atoms with Crippen LogP contribution in [0, 0.1) is 0 Å². The minimum absolute atomic E-state index is 0.167. The summed E-state index contributed by atoms with van der Waals surface area (Å²) in [7, 11) is 1.66. The van der Waals surface area contributed by atoms with Crippen LogP contribution in [0.1, 0.15) is 0 Å². The van der Waals surface area contributed by atoms with E-state index in [2.05, 4.69) is 0 Å². The number of amides is 1. The van der Waals surface area contributed by atoms with E-state index in [4.69, 9.17) is 5.11 Å². The Labute approximate surface area is 41.5 Å². The fraction of sp³-hybridized carbons (Fsp3) is 0.750. The first-order valence-corrected chi connectivity index (χ1v) is 2.15. The molecule has 1 rings (SSSR count). The molecule has 0 aromatic heterocycles. The van der Waals surface area contributed by atoms with Crippen LogP contribution in [0.2, 0.25) is 0 Å². The predicted molar refractivity (Wildman–Crippen MR) is 23.6 cm³/mol. The van der Waals surface area contributed by atoms with Gasteiger partial charge in [-0.15, -0.1) is 0 Å². The third-order valence-corrected chi connectivity index (χ3v) is 1.11. The fourth-order valence-electron chi connectivity index (χ4n) is 0.569. The van der Waals surface area contributed by atoms with E-state index in [-0.39, 0.29) is 5.91 Å². The molecule has 1 aliphatic rings. The maximum atomic E-state index is 10.2. The van der Waals surface area contributed by atoms with Crippen LogP contribution in [0.5, 0.6) is 0 Å². The molecule has 1 unspecified atom stereocenters. The maximum absolute atomic E-state index is 10.2. The van der Waals surface area contributed by atoms with E-state index >= 15 is 0 Å². The van der Waals surface area contributed by atoms with Gasteiger partial charge in [-0.3, -0.25) is 4.79 Å². The lowest BCUT2D eigenvalue weighted by Crippen LogP contribution is -2.53. The number of likely N-dealkylation sites (N-methyl/N-ethyl adjacent to an activating group) is 1. The summed E-state index contributed by atoms with van der Waals surface area (Å²) in [5.74, 6) is -0.167. The quantitative estimate of drug-likeness (QED) is 0.390. The molecule has 1 saturated heterocycles. The second-order valence-corrected chi connectivity index (χ2v) is 1.73. The lowest BCUT2D eigenvalue weighted by atomic mass is 10.2. The van der Waals surface area contributed by atoms with Gasteiger partial charge in [0.1, 0.15) is 6.10 Å². The Morgan fingerprint density at radius 2 is 2.57 bits per heavy atom. The Kier molecular flexibility index (Phi) is 0.785. The van der Waals surface area contributed by atoms with E-state index in [1.807, 2.05) is 0 Å². The van der Waals surface area contributed by atoms with Crippen molar-refractivity contribution in [2.24, 2.45) is 0 Å². The number of β-lactam (4-membered cyclic amide) rings is 1. The number of nitrogens with zero attached hydrogens (tertiary/aromatic N) is 1. The number of carbonyl (C=O) groups is 1. The minimum Gasteiger partial charge on any atom is -0.381 e. The molecule has 1 N–H and O–H groups in total. The Morgan fingerprint density at radius 3 is 2.57 bits per heavy atom. The highest BCUT2D eigenvalue weighted by Gasteiger charge is 2.30. The lowest BCUT2D eigenvalue weighted by molar-refractivity contribution is -0.153. The molecule has 0 aromatic rings. The number of aliphatic hydroxyl groups excluding tert-OH is 1. The smallest absolute Gasteiger partial charge is 0.253 e. The highest BCUT2D eigenvalue weighted by atomic mass is 16.3. The molecule has 0 aromatic carbocycles. The van der Waals surface area contributed by atoms with Crippen LogP contribution in [0.3, 0.4) is 0 Å². The van der Waals surface area contributed by atoms with Crippen molar-refractivity contribution in [3.8, 4) is 0 Å². The largest absolute Gasteiger partial charge is 0.381 e. The van der Waals surface area contributed by atoms with E-state index in [1.165, 1.54) is 4.90 Å². The lowest BCUT2D eigenvalue weighted by Gasteiger charge is -2.30. The van der Waals surface area contributed by atoms with Crippen molar-refractivity contribution in [1.29, 1.82) is 0 Å². The number of carbonyl (C=O) groups excluding carboxylic acids is 1. The van der Waals surface area contributed by atoms with Crippen molar-refractivity contribution in [2.45, 2.75) is 6.10 Å². The van der Waals surface area contributed by atoms with Gasteiger partial charge >= 0.3 is 0 Å². The molecule has 40 valence electrons. The molecule has 0 radical (unpaired) electrons. The van der Waals surface area contributed by atoms with Crippen LogP contribution in [-0.2, 0) is 4.79 Å². The van der Waals surface area contributed by atoms with Crippen LogP contribution < -0.4 is 0 Å². The molecule has 0 aliphatic carbocycles. The number of aliphatic hydroxyl groups is 1. The molecule has 7 heavy (non-hydrogen) atoms. The Hall–Kier alpha value is -0.570. The van der Waals surface area contributed by atoms with Crippen molar-refractivity contribution < 1.29 is 9.90 Å². The summed E-state index contributed by atoms with van der Waals surface area (Å²) in [6, 6.07) is 0. The second-order valence-electron chi connectivity index (χ2n) is 1.73. The van der Waals surface area contributed by atoms with Gasteiger partial charge in [0.25, 0.3) is 5.91 Å². The zero-order chi connectivity index (χ0) is 5.44. The topological polar surface area (TPSA) is 40.5 Å². The summed E-state index contributed by atoms with van der Waals surface area (Å²) in [6.45, 7) is 0.499. The molecule has 1 fully saturated rings. The molecule has 1 atom stereocenters. The Bertz CT molecular complexity index is 91.9. The highest BCUT2D eigenvalue weighted by Crippen LogP contribution is 2.04. The van der Waals surface area contributed by atoms with Gasteiger partial charge in [0.15, 0.2) is 0 Å². The van der Waals surface area contributed by atoms with Gasteiger partial charge in [-0.1, -0.05) is 0 Å². The molecule has 3 nitrogen and oxygen atoms in total. The monoisotopic (exact) mass is 101 g/mol. The first-order valence-electron chi connectivity index (χ1n) is 2.15. The normalized spacial score (nSPS) is 30.3. The molecule has 3 heteroatoms. The summed E-state index contributed by atoms with van der Waals surface area (Å²) < 4.78 is 0. The first-order chi connectivity index (χ1) is 3.22. The molecule has 1 heterocycles. The van der Waals surface area contributed by atoms with Gasteiger partial charge in [0, 0.05) is 7.05 Å². The van der Waals surface area contributed by atoms with Gasteiger partial charge in [-0.25, -0.2) is 0 Å². The zero-order valence-corrected chi connectivity index (χ0v) is 4.09. The average molecular weight is 101 g/mol. The molecule has 0 bridgehead atoms. The summed E-state index contributed by atoms with van der Waals surface area (Å²) in [6.07, 6.45) is -0.704. The minimum atomic E-state index is -0.704. The van der Waals surface area contributed by atoms with Gasteiger partial charge in [0.05, 0.1) is 6.54 Å². The Balaban J connectivity index is 2.44. The number of rotatable bonds is 0. The van der Waals surface area contributed by atoms with E-state index in [0.29, 0.717) is 6.54 Å². The van der Waals surface area contributed by atoms with Gasteiger partial charge in [-0.2, -0.15) is 0 Å². The van der Waals surface area contributed by atoms with Crippen LogP contribution >= 0.6 is 0 Å². The van der Waals surface area contributed by atoms with Crippen molar-refractivity contribution in [1.82, 2.24) is 4.90 Å². The third-order valence-electron chi connectivity index (χ3n) is 1.11. The highest BCUT2D eigenvalue weighted by molar-refractivity contribution is 5.86. The van der Waals surface area contributed by atoms with Crippen LogP contribution in [0.4, 0.5) is 0 Å². The van der Waals surface area contributed by atoms with Crippen molar-refractivity contribution >= 4 is 5.91 Å². The number of hydrogen-bond donors (Lipinski definition) is 1. The summed E-state index contributed by atoms with van der Waals surface area (Å²) in [5.41, 5.74) is 0. The predicted octanol–water partition coefficient (Wildman–Crippen LogP) is -1.18. The molecular formula is C4H7NO2. The average Bonchev–Trinajstić information content (AvgIpc) is 1.68. The van der Waals surface area contributed by atoms with E-state index in [1.54, 1.807) is 7.05 Å². The van der Waals surface area contributed by atoms with Crippen molar-refractivity contribution in [3.63, 3.8) is 0 Å². The van der Waals surface area contributed by atoms with Gasteiger partial charge < -0.3 is 10.0 Å². The standard InChI is InChI=1S/C4H7NO2/c1-5-2-3(6)4(5)7/h3,6H,2H2,1H3. The molecular weight excluding hydrogens is 94.0 g/mol. The summed E-state index contributed by atoms with van der Waals surface area (Å²) in [4.78, 5) is 11.7. The molecule has 1 amide bonds. The summed E-state index contributed by atoms with van der Waals surface area (Å²) >= 11 is 0. The summed E-state index contributed by atoms with van der Waals surface area (Å²) in [5, 5.41) is 8.50. The zero-order valence-electron chi connectivity index (χ0n) is 4.09. The van der Waals surface area contributed by atoms with E-state index in [9.17, 15) is 4.79 Å². The van der Waals surface area contributed by atoms with Crippen molar-refractivity contribution in [3.05, 3.63) is 0 Å². The van der Waals surface area contributed by atoms with Crippen LogP contribution in [0.25, 0.3) is 0 Å². The van der Waals surface area contributed by atoms with Crippen molar-refractivity contribution in [2.75, 3.05) is 13.6 Å². The fourth-order valence-corrected chi connectivity index (χ4v) is 0.569. The molecule has 1 aliphatic heterocycles.